The molecule has 0 spiro atoms. The maximum absolute atomic E-state index is 11.0. The van der Waals surface area contributed by atoms with E-state index < -0.39 is 5.97 Å². The monoisotopic (exact) mass is 260 g/mol. The average Bonchev–Trinajstić information content (AvgIpc) is 2.87. The van der Waals surface area contributed by atoms with Gasteiger partial charge >= 0.3 is 5.97 Å². The van der Waals surface area contributed by atoms with Gasteiger partial charge in [-0.1, -0.05) is 13.0 Å². The number of rotatable bonds is 6. The Hall–Kier alpha value is -2.14. The molecule has 0 saturated heterocycles. The molecule has 0 unspecified atom stereocenters. The fourth-order valence-electron chi connectivity index (χ4n) is 1.89. The number of nitrogens with zero attached hydrogens (tertiary/aromatic N) is 2. The average molecular weight is 260 g/mol. The molecule has 0 aliphatic rings. The van der Waals surface area contributed by atoms with Crippen molar-refractivity contribution in [3.63, 3.8) is 0 Å². The van der Waals surface area contributed by atoms with E-state index in [1.807, 2.05) is 25.1 Å². The summed E-state index contributed by atoms with van der Waals surface area (Å²) in [4.78, 5) is 17.4. The molecule has 2 aromatic heterocycles. The van der Waals surface area contributed by atoms with Gasteiger partial charge in [-0.15, -0.1) is 0 Å². The minimum absolute atomic E-state index is 0.0134. The molecule has 0 bridgehead atoms. The topological polar surface area (TPSA) is 66.6 Å². The first kappa shape index (κ1) is 13.3. The summed E-state index contributed by atoms with van der Waals surface area (Å²) in [5.74, 6) is -1.02. The third-order valence-electron chi connectivity index (χ3n) is 2.89. The van der Waals surface area contributed by atoms with Gasteiger partial charge in [0.05, 0.1) is 12.0 Å². The Labute approximate surface area is 111 Å². The van der Waals surface area contributed by atoms with Crippen LogP contribution >= 0.6 is 0 Å². The van der Waals surface area contributed by atoms with E-state index in [0.29, 0.717) is 18.7 Å². The van der Waals surface area contributed by atoms with Gasteiger partial charge in [-0.3, -0.25) is 9.88 Å². The van der Waals surface area contributed by atoms with Gasteiger partial charge in [-0.05, 0) is 24.7 Å². The number of hydrogen-bond donors (Lipinski definition) is 1. The van der Waals surface area contributed by atoms with E-state index in [1.165, 1.54) is 6.26 Å². The Bertz CT molecular complexity index is 537. The molecule has 5 heteroatoms. The summed E-state index contributed by atoms with van der Waals surface area (Å²) < 4.78 is 4.98. The number of carboxylic acids is 1. The molecule has 0 aliphatic heterocycles. The smallest absolute Gasteiger partial charge is 0.372 e. The van der Waals surface area contributed by atoms with Gasteiger partial charge in [0.1, 0.15) is 0 Å². The molecular formula is C14H16N2O3. The van der Waals surface area contributed by atoms with Crippen LogP contribution in [0.15, 0.2) is 41.1 Å². The van der Waals surface area contributed by atoms with E-state index in [0.717, 1.165) is 12.2 Å². The highest BCUT2D eigenvalue weighted by Gasteiger charge is 2.16. The fourth-order valence-corrected chi connectivity index (χ4v) is 1.89. The Morgan fingerprint density at radius 3 is 2.84 bits per heavy atom. The van der Waals surface area contributed by atoms with Gasteiger partial charge in [0.25, 0.3) is 0 Å². The molecule has 0 fully saturated rings. The maximum Gasteiger partial charge on any atom is 0.372 e. The van der Waals surface area contributed by atoms with Crippen LogP contribution in [0.3, 0.4) is 0 Å². The largest absolute Gasteiger partial charge is 0.475 e. The van der Waals surface area contributed by atoms with E-state index in [-0.39, 0.29) is 5.76 Å². The highest BCUT2D eigenvalue weighted by molar-refractivity contribution is 5.86. The van der Waals surface area contributed by atoms with Gasteiger partial charge in [-0.2, -0.15) is 0 Å². The predicted molar refractivity (Wildman–Crippen MR) is 69.7 cm³/mol. The summed E-state index contributed by atoms with van der Waals surface area (Å²) in [5, 5.41) is 9.01. The Morgan fingerprint density at radius 2 is 2.21 bits per heavy atom. The molecule has 2 rings (SSSR count). The van der Waals surface area contributed by atoms with Crippen LogP contribution in [0, 0.1) is 0 Å². The molecule has 2 aromatic rings. The molecule has 0 aliphatic carbocycles. The quantitative estimate of drug-likeness (QED) is 0.863. The van der Waals surface area contributed by atoms with Crippen molar-refractivity contribution >= 4 is 5.97 Å². The molecule has 100 valence electrons. The standard InChI is InChI=1S/C14H16N2O3/c1-2-16(10-12-5-3-4-7-15-12)9-11-6-8-19-13(11)14(17)18/h3-8H,2,9-10H2,1H3,(H,17,18). The van der Waals surface area contributed by atoms with Crippen LogP contribution in [-0.4, -0.2) is 27.5 Å². The molecule has 0 saturated carbocycles. The van der Waals surface area contributed by atoms with Crippen molar-refractivity contribution in [3.8, 4) is 0 Å². The van der Waals surface area contributed by atoms with Crippen molar-refractivity contribution in [1.29, 1.82) is 0 Å². The minimum Gasteiger partial charge on any atom is -0.475 e. The van der Waals surface area contributed by atoms with E-state index in [2.05, 4.69) is 9.88 Å². The van der Waals surface area contributed by atoms with E-state index in [9.17, 15) is 4.79 Å². The van der Waals surface area contributed by atoms with Gasteiger partial charge in [-0.25, -0.2) is 4.79 Å². The first-order valence-electron chi connectivity index (χ1n) is 6.12. The second kappa shape index (κ2) is 6.15. The van der Waals surface area contributed by atoms with E-state index in [1.54, 1.807) is 12.3 Å². The molecule has 19 heavy (non-hydrogen) atoms. The second-order valence-electron chi connectivity index (χ2n) is 4.20. The lowest BCUT2D eigenvalue weighted by Gasteiger charge is -2.19. The van der Waals surface area contributed by atoms with Gasteiger partial charge in [0, 0.05) is 24.8 Å². The van der Waals surface area contributed by atoms with Crippen molar-refractivity contribution in [2.24, 2.45) is 0 Å². The van der Waals surface area contributed by atoms with Gasteiger partial charge in [0.2, 0.25) is 5.76 Å². The second-order valence-corrected chi connectivity index (χ2v) is 4.20. The number of furan rings is 1. The maximum atomic E-state index is 11.0. The summed E-state index contributed by atoms with van der Waals surface area (Å²) in [6.45, 7) is 4.05. The SMILES string of the molecule is CCN(Cc1ccccn1)Cc1ccoc1C(=O)O. The third-order valence-corrected chi connectivity index (χ3v) is 2.89. The van der Waals surface area contributed by atoms with E-state index >= 15 is 0 Å². The van der Waals surface area contributed by atoms with Crippen LogP contribution in [0.5, 0.6) is 0 Å². The molecule has 1 N–H and O–H groups in total. The zero-order chi connectivity index (χ0) is 13.7. The van der Waals surface area contributed by atoms with Crippen molar-refractivity contribution in [3.05, 3.63) is 53.7 Å². The summed E-state index contributed by atoms with van der Waals surface area (Å²) >= 11 is 0. The van der Waals surface area contributed by atoms with Crippen LogP contribution in [0.4, 0.5) is 0 Å². The Morgan fingerprint density at radius 1 is 1.37 bits per heavy atom. The number of aromatic carboxylic acids is 1. The number of pyridine rings is 1. The predicted octanol–water partition coefficient (Wildman–Crippen LogP) is 2.39. The summed E-state index contributed by atoms with van der Waals surface area (Å²) in [7, 11) is 0. The Balaban J connectivity index is 2.07. The summed E-state index contributed by atoms with van der Waals surface area (Å²) in [5.41, 5.74) is 1.65. The van der Waals surface area contributed by atoms with E-state index in [4.69, 9.17) is 9.52 Å². The summed E-state index contributed by atoms with van der Waals surface area (Å²) in [6, 6.07) is 7.47. The fraction of sp³-hybridized carbons (Fsp3) is 0.286. The molecule has 0 atom stereocenters. The Kier molecular flexibility index (Phi) is 4.30. The van der Waals surface area contributed by atoms with Crippen molar-refractivity contribution in [2.75, 3.05) is 6.54 Å². The van der Waals surface area contributed by atoms with Gasteiger partial charge < -0.3 is 9.52 Å². The van der Waals surface area contributed by atoms with Crippen LogP contribution in [0.25, 0.3) is 0 Å². The third kappa shape index (κ3) is 3.42. The molecule has 5 nitrogen and oxygen atoms in total. The first-order valence-corrected chi connectivity index (χ1v) is 6.12. The molecule has 0 amide bonds. The number of aromatic nitrogens is 1. The lowest BCUT2D eigenvalue weighted by Crippen LogP contribution is -2.23. The number of hydrogen-bond acceptors (Lipinski definition) is 4. The highest BCUT2D eigenvalue weighted by Crippen LogP contribution is 2.14. The molecule has 2 heterocycles. The summed E-state index contributed by atoms with van der Waals surface area (Å²) in [6.07, 6.45) is 3.16. The first-order chi connectivity index (χ1) is 9.20. The lowest BCUT2D eigenvalue weighted by atomic mass is 10.2. The van der Waals surface area contributed by atoms with Crippen molar-refractivity contribution in [2.45, 2.75) is 20.0 Å². The molecular weight excluding hydrogens is 244 g/mol. The highest BCUT2D eigenvalue weighted by atomic mass is 16.4. The zero-order valence-corrected chi connectivity index (χ0v) is 10.7. The minimum atomic E-state index is -1.03. The normalized spacial score (nSPS) is 10.8. The van der Waals surface area contributed by atoms with Crippen LogP contribution in [0.1, 0.15) is 28.7 Å². The van der Waals surface area contributed by atoms with Crippen molar-refractivity contribution < 1.29 is 14.3 Å². The van der Waals surface area contributed by atoms with Crippen LogP contribution < -0.4 is 0 Å². The number of carbonyl (C=O) groups is 1. The zero-order valence-electron chi connectivity index (χ0n) is 10.7. The lowest BCUT2D eigenvalue weighted by molar-refractivity contribution is 0.0659. The van der Waals surface area contributed by atoms with Crippen LogP contribution in [0.2, 0.25) is 0 Å². The molecule has 0 radical (unpaired) electrons. The van der Waals surface area contributed by atoms with Crippen LogP contribution in [-0.2, 0) is 13.1 Å². The van der Waals surface area contributed by atoms with Gasteiger partial charge in [0.15, 0.2) is 0 Å². The molecule has 0 aromatic carbocycles. The van der Waals surface area contributed by atoms with Crippen molar-refractivity contribution in [1.82, 2.24) is 9.88 Å². The number of carboxylic acid groups (broad SMARTS) is 1.